The standard InChI is InChI=1S/2C20H21.C2H6Ge.2ClH.Zr/c2*1-14-12-16-6-5-7-18(19(16)13-14)15-8-10-17(11-9-15)20(2,3)4;1-3-2;;;/h2*5-13H,1-4H3;1-2H3;2*1H;/q2*-1;;;;+4/p-2. The Morgan fingerprint density at radius 1 is 0.543 bits per heavy atom. The van der Waals surface area contributed by atoms with E-state index in [9.17, 15) is 0 Å². The number of hydrogen-bond donors (Lipinski definition) is 0. The zero-order valence-corrected chi connectivity index (χ0v) is 35.2. The van der Waals surface area contributed by atoms with Gasteiger partial charge in [-0.05, 0) is 33.1 Å². The maximum absolute atomic E-state index is 4.93. The fourth-order valence-electron chi connectivity index (χ4n) is 5.57. The molecule has 46 heavy (non-hydrogen) atoms. The monoisotopic (exact) mass is 786 g/mol. The van der Waals surface area contributed by atoms with Crippen molar-refractivity contribution in [3.63, 3.8) is 0 Å². The van der Waals surface area contributed by atoms with Gasteiger partial charge in [0, 0.05) is 0 Å². The molecule has 238 valence electrons. The predicted octanol–water partition coefficient (Wildman–Crippen LogP) is 13.8. The zero-order chi connectivity index (χ0) is 34.1. The van der Waals surface area contributed by atoms with Gasteiger partial charge in [0.1, 0.15) is 0 Å². The molecule has 0 aliphatic carbocycles. The van der Waals surface area contributed by atoms with Gasteiger partial charge in [-0.25, -0.2) is 0 Å². The molecule has 0 aliphatic rings. The molecular weight excluding hydrogens is 739 g/mol. The third kappa shape index (κ3) is 10.6. The quantitative estimate of drug-likeness (QED) is 0.121. The molecule has 6 rings (SSSR count). The van der Waals surface area contributed by atoms with Crippen molar-refractivity contribution in [1.82, 2.24) is 0 Å². The SMILES string of the molecule is Cc1cc2c(-c3ccc(C(C)(C)C)cc3)cccc2[cH-]1.Cc1cc2c(-c3ccc(C(C)(C)C)cc3)cccc2[cH-]1.[CH3][Ge][CH3].[Cl][Zr+2][Cl]. The predicted molar refractivity (Wildman–Crippen MR) is 206 cm³/mol. The molecule has 0 atom stereocenters. The van der Waals surface area contributed by atoms with Crippen LogP contribution in [0.1, 0.15) is 63.8 Å². The first-order valence-electron chi connectivity index (χ1n) is 15.8. The van der Waals surface area contributed by atoms with E-state index in [4.69, 9.17) is 17.0 Å². The second kappa shape index (κ2) is 17.5. The van der Waals surface area contributed by atoms with Crippen molar-refractivity contribution >= 4 is 54.0 Å². The summed E-state index contributed by atoms with van der Waals surface area (Å²) in [4.78, 5) is 0. The molecular formula is C42H48Cl2GeZr. The molecule has 0 amide bonds. The van der Waals surface area contributed by atoms with Crippen LogP contribution < -0.4 is 0 Å². The van der Waals surface area contributed by atoms with Crippen LogP contribution in [-0.2, 0) is 31.7 Å². The molecule has 4 heteroatoms. The van der Waals surface area contributed by atoms with E-state index in [0.717, 1.165) is 0 Å². The van der Waals surface area contributed by atoms with E-state index in [0.29, 0.717) is 15.4 Å². The van der Waals surface area contributed by atoms with Crippen molar-refractivity contribution in [3.05, 3.63) is 131 Å². The molecule has 6 aromatic carbocycles. The van der Waals surface area contributed by atoms with E-state index in [-0.39, 0.29) is 10.8 Å². The van der Waals surface area contributed by atoms with Crippen molar-refractivity contribution in [2.24, 2.45) is 0 Å². The molecule has 0 unspecified atom stereocenters. The summed E-state index contributed by atoms with van der Waals surface area (Å²) in [6.07, 6.45) is 0. The molecule has 0 aromatic heterocycles. The molecule has 2 radical (unpaired) electrons. The Balaban J connectivity index is 0.000000214. The number of benzene rings is 4. The van der Waals surface area contributed by atoms with Crippen molar-refractivity contribution in [1.29, 1.82) is 0 Å². The van der Waals surface area contributed by atoms with Gasteiger partial charge in [-0.15, -0.1) is 69.1 Å². The van der Waals surface area contributed by atoms with Crippen LogP contribution in [0.3, 0.4) is 0 Å². The van der Waals surface area contributed by atoms with Crippen molar-refractivity contribution < 1.29 is 20.8 Å². The first kappa shape index (κ1) is 38.6. The molecule has 0 nitrogen and oxygen atoms in total. The molecule has 0 aliphatic heterocycles. The van der Waals surface area contributed by atoms with E-state index in [2.05, 4.69) is 176 Å². The summed E-state index contributed by atoms with van der Waals surface area (Å²) < 4.78 is 0. The third-order valence-electron chi connectivity index (χ3n) is 7.91. The number of hydrogen-bond acceptors (Lipinski definition) is 0. The first-order valence-corrected chi connectivity index (χ1v) is 26.3. The maximum atomic E-state index is 4.93. The van der Waals surface area contributed by atoms with Gasteiger partial charge in [0.15, 0.2) is 0 Å². The topological polar surface area (TPSA) is 0 Å². The van der Waals surface area contributed by atoms with Gasteiger partial charge in [0.05, 0.1) is 0 Å². The van der Waals surface area contributed by atoms with E-state index in [1.807, 2.05) is 0 Å². The minimum atomic E-state index is -0.826. The van der Waals surface area contributed by atoms with E-state index in [1.165, 1.54) is 66.1 Å². The van der Waals surface area contributed by atoms with E-state index >= 15 is 0 Å². The zero-order valence-electron chi connectivity index (χ0n) is 29.1. The first-order chi connectivity index (χ1) is 21.7. The molecule has 0 bridgehead atoms. The van der Waals surface area contributed by atoms with Crippen LogP contribution in [0.5, 0.6) is 0 Å². The number of rotatable bonds is 2. The van der Waals surface area contributed by atoms with Gasteiger partial charge in [-0.1, -0.05) is 127 Å². The Labute approximate surface area is 303 Å². The van der Waals surface area contributed by atoms with Crippen LogP contribution in [0.4, 0.5) is 0 Å². The molecule has 0 heterocycles. The van der Waals surface area contributed by atoms with Gasteiger partial charge in [-0.2, -0.15) is 12.1 Å². The summed E-state index contributed by atoms with van der Waals surface area (Å²) in [6.45, 7) is 17.8. The van der Waals surface area contributed by atoms with Crippen LogP contribution in [0.2, 0.25) is 11.5 Å². The molecule has 6 aromatic rings. The Hall–Kier alpha value is -1.89. The van der Waals surface area contributed by atoms with Gasteiger partial charge in [0.2, 0.25) is 0 Å². The van der Waals surface area contributed by atoms with Crippen molar-refractivity contribution in [2.75, 3.05) is 0 Å². The number of halogens is 2. The average Bonchev–Trinajstić information content (AvgIpc) is 3.58. The molecule has 0 N–H and O–H groups in total. The average molecular weight is 788 g/mol. The van der Waals surface area contributed by atoms with Gasteiger partial charge in [0.25, 0.3) is 0 Å². The van der Waals surface area contributed by atoms with Crippen LogP contribution in [0.15, 0.2) is 109 Å². The van der Waals surface area contributed by atoms with E-state index in [1.54, 1.807) is 0 Å². The normalized spacial score (nSPS) is 11.0. The van der Waals surface area contributed by atoms with Crippen molar-refractivity contribution in [2.45, 2.75) is 77.7 Å². The minimum absolute atomic E-state index is 0.210. The Bertz CT molecular complexity index is 1660. The summed E-state index contributed by atoms with van der Waals surface area (Å²) in [6, 6.07) is 40.2. The molecule has 0 saturated carbocycles. The second-order valence-corrected chi connectivity index (χ2v) is 19.7. The van der Waals surface area contributed by atoms with E-state index < -0.39 is 20.8 Å². The fourth-order valence-corrected chi connectivity index (χ4v) is 5.57. The number of aryl methyl sites for hydroxylation is 2. The molecule has 0 saturated heterocycles. The third-order valence-corrected chi connectivity index (χ3v) is 7.91. The van der Waals surface area contributed by atoms with Crippen LogP contribution in [-0.4, -0.2) is 15.4 Å². The van der Waals surface area contributed by atoms with Crippen LogP contribution in [0, 0.1) is 13.8 Å². The van der Waals surface area contributed by atoms with Crippen molar-refractivity contribution in [3.8, 4) is 22.3 Å². The van der Waals surface area contributed by atoms with Gasteiger partial charge in [-0.3, -0.25) is 0 Å². The van der Waals surface area contributed by atoms with Crippen LogP contribution in [0.25, 0.3) is 43.8 Å². The summed E-state index contributed by atoms with van der Waals surface area (Å²) >= 11 is -0.326. The van der Waals surface area contributed by atoms with Gasteiger partial charge >= 0.3 is 64.8 Å². The summed E-state index contributed by atoms with van der Waals surface area (Å²) in [7, 11) is 9.87. The fraction of sp³-hybridized carbons (Fsp3) is 0.286. The second-order valence-electron chi connectivity index (χ2n) is 13.9. The Morgan fingerprint density at radius 3 is 1.13 bits per heavy atom. The van der Waals surface area contributed by atoms with Gasteiger partial charge < -0.3 is 0 Å². The summed E-state index contributed by atoms with van der Waals surface area (Å²) in [5.74, 6) is 4.50. The number of fused-ring (bicyclic) bond motifs is 2. The molecule has 0 spiro atoms. The Kier molecular flexibility index (Phi) is 14.7. The summed E-state index contributed by atoms with van der Waals surface area (Å²) in [5, 5.41) is 5.38. The summed E-state index contributed by atoms with van der Waals surface area (Å²) in [5.41, 5.74) is 11.1. The Morgan fingerprint density at radius 2 is 0.848 bits per heavy atom. The van der Waals surface area contributed by atoms with Crippen LogP contribution >= 0.6 is 17.0 Å². The molecule has 0 fully saturated rings.